The number of carbonyl (C=O) groups excluding carboxylic acids is 1. The summed E-state index contributed by atoms with van der Waals surface area (Å²) in [6.45, 7) is 2.39. The van der Waals surface area contributed by atoms with Crippen LogP contribution in [0.4, 0.5) is 0 Å². The molecule has 0 aliphatic heterocycles. The van der Waals surface area contributed by atoms with E-state index in [-0.39, 0.29) is 18.7 Å². The van der Waals surface area contributed by atoms with Crippen LogP contribution in [0.1, 0.15) is 23.4 Å². The molecule has 0 spiro atoms. The zero-order valence-electron chi connectivity index (χ0n) is 9.27. The number of aromatic nitrogens is 1. The fourth-order valence-corrected chi connectivity index (χ4v) is 2.02. The van der Waals surface area contributed by atoms with Gasteiger partial charge in [-0.2, -0.15) is 0 Å². The lowest BCUT2D eigenvalue weighted by Crippen LogP contribution is -2.26. The van der Waals surface area contributed by atoms with Gasteiger partial charge in [0.05, 0.1) is 24.2 Å². The van der Waals surface area contributed by atoms with Crippen molar-refractivity contribution in [3.63, 3.8) is 0 Å². The van der Waals surface area contributed by atoms with Gasteiger partial charge in [0, 0.05) is 18.3 Å². The number of hydrogen-bond acceptors (Lipinski definition) is 4. The summed E-state index contributed by atoms with van der Waals surface area (Å²) >= 11 is 1.50. The van der Waals surface area contributed by atoms with Gasteiger partial charge in [-0.25, -0.2) is 4.98 Å². The predicted molar refractivity (Wildman–Crippen MR) is 60.2 cm³/mol. The SMILES string of the molecule is Cc1ncsc1CN(C)C(=O)CCC(=O)O. The second kappa shape index (κ2) is 5.60. The first kappa shape index (κ1) is 12.6. The van der Waals surface area contributed by atoms with Crippen molar-refractivity contribution in [1.82, 2.24) is 9.88 Å². The van der Waals surface area contributed by atoms with Gasteiger partial charge >= 0.3 is 5.97 Å². The Morgan fingerprint density at radius 3 is 2.69 bits per heavy atom. The topological polar surface area (TPSA) is 70.5 Å². The highest BCUT2D eigenvalue weighted by atomic mass is 32.1. The van der Waals surface area contributed by atoms with Crippen LogP contribution in [0.2, 0.25) is 0 Å². The molecule has 88 valence electrons. The van der Waals surface area contributed by atoms with Gasteiger partial charge in [-0.15, -0.1) is 11.3 Å². The molecule has 0 aliphatic rings. The molecular formula is C10H14N2O3S. The summed E-state index contributed by atoms with van der Waals surface area (Å²) in [5, 5.41) is 8.47. The zero-order chi connectivity index (χ0) is 12.1. The fraction of sp³-hybridized carbons (Fsp3) is 0.500. The Balaban J connectivity index is 2.46. The number of carbonyl (C=O) groups is 2. The standard InChI is InChI=1S/C10H14N2O3S/c1-7-8(16-6-11-7)5-12(2)9(13)3-4-10(14)15/h6H,3-5H2,1-2H3,(H,14,15). The third-order valence-corrected chi connectivity index (χ3v) is 3.12. The van der Waals surface area contributed by atoms with Crippen molar-refractivity contribution < 1.29 is 14.7 Å². The van der Waals surface area contributed by atoms with Crippen LogP contribution in [-0.2, 0) is 16.1 Å². The molecule has 0 fully saturated rings. The monoisotopic (exact) mass is 242 g/mol. The average Bonchev–Trinajstić information content (AvgIpc) is 2.60. The molecule has 1 heterocycles. The lowest BCUT2D eigenvalue weighted by Gasteiger charge is -2.15. The van der Waals surface area contributed by atoms with Crippen molar-refractivity contribution in [2.45, 2.75) is 26.3 Å². The molecule has 0 saturated carbocycles. The van der Waals surface area contributed by atoms with Crippen molar-refractivity contribution in [2.75, 3.05) is 7.05 Å². The molecule has 0 saturated heterocycles. The van der Waals surface area contributed by atoms with E-state index < -0.39 is 5.97 Å². The van der Waals surface area contributed by atoms with Gasteiger partial charge in [0.1, 0.15) is 0 Å². The Morgan fingerprint density at radius 1 is 1.50 bits per heavy atom. The van der Waals surface area contributed by atoms with E-state index in [0.717, 1.165) is 10.6 Å². The van der Waals surface area contributed by atoms with Crippen molar-refractivity contribution >= 4 is 23.2 Å². The van der Waals surface area contributed by atoms with Crippen molar-refractivity contribution in [1.29, 1.82) is 0 Å². The Hall–Kier alpha value is -1.43. The summed E-state index contributed by atoms with van der Waals surface area (Å²) in [5.74, 6) is -1.11. The molecule has 1 N–H and O–H groups in total. The first-order valence-electron chi connectivity index (χ1n) is 4.85. The fourth-order valence-electron chi connectivity index (χ4n) is 1.19. The van der Waals surface area contributed by atoms with E-state index in [9.17, 15) is 9.59 Å². The highest BCUT2D eigenvalue weighted by Crippen LogP contribution is 2.14. The van der Waals surface area contributed by atoms with Crippen molar-refractivity contribution in [3.05, 3.63) is 16.1 Å². The molecule has 0 unspecified atom stereocenters. The van der Waals surface area contributed by atoms with Gasteiger partial charge in [-0.3, -0.25) is 9.59 Å². The van der Waals surface area contributed by atoms with E-state index in [1.165, 1.54) is 16.2 Å². The van der Waals surface area contributed by atoms with Crippen LogP contribution >= 0.6 is 11.3 Å². The molecule has 0 aromatic carbocycles. The van der Waals surface area contributed by atoms with Crippen LogP contribution in [-0.4, -0.2) is 33.9 Å². The van der Waals surface area contributed by atoms with Gasteiger partial charge in [-0.1, -0.05) is 0 Å². The number of aliphatic carboxylic acids is 1. The number of rotatable bonds is 5. The van der Waals surface area contributed by atoms with Crippen LogP contribution in [0.25, 0.3) is 0 Å². The lowest BCUT2D eigenvalue weighted by molar-refractivity contribution is -0.140. The molecule has 1 aromatic rings. The van der Waals surface area contributed by atoms with E-state index in [2.05, 4.69) is 4.98 Å². The summed E-state index contributed by atoms with van der Waals surface area (Å²) in [4.78, 5) is 28.5. The Bertz CT molecular complexity index is 389. The number of hydrogen-bond donors (Lipinski definition) is 1. The second-order valence-electron chi connectivity index (χ2n) is 3.50. The molecule has 6 heteroatoms. The molecule has 0 aliphatic carbocycles. The van der Waals surface area contributed by atoms with Gasteiger partial charge in [-0.05, 0) is 6.92 Å². The highest BCUT2D eigenvalue weighted by Gasteiger charge is 2.13. The maximum atomic E-state index is 11.5. The number of carboxylic acids is 1. The van der Waals surface area contributed by atoms with Gasteiger partial charge in [0.25, 0.3) is 0 Å². The molecule has 0 atom stereocenters. The Kier molecular flexibility index (Phi) is 4.42. The minimum atomic E-state index is -0.948. The third kappa shape index (κ3) is 3.62. The van der Waals surface area contributed by atoms with Gasteiger partial charge in [0.2, 0.25) is 5.91 Å². The molecule has 0 bridgehead atoms. The Morgan fingerprint density at radius 2 is 2.19 bits per heavy atom. The minimum Gasteiger partial charge on any atom is -0.481 e. The quantitative estimate of drug-likeness (QED) is 0.844. The van der Waals surface area contributed by atoms with Crippen LogP contribution < -0.4 is 0 Å². The Labute approximate surface area is 97.7 Å². The van der Waals surface area contributed by atoms with Crippen LogP contribution in [0.15, 0.2) is 5.51 Å². The number of nitrogens with zero attached hydrogens (tertiary/aromatic N) is 2. The number of aryl methyl sites for hydroxylation is 1. The molecule has 16 heavy (non-hydrogen) atoms. The van der Waals surface area contributed by atoms with E-state index in [1.807, 2.05) is 6.92 Å². The molecule has 1 amide bonds. The van der Waals surface area contributed by atoms with Crippen molar-refractivity contribution in [3.8, 4) is 0 Å². The van der Waals surface area contributed by atoms with Gasteiger partial charge < -0.3 is 10.0 Å². The number of amides is 1. The van der Waals surface area contributed by atoms with Crippen LogP contribution in [0.3, 0.4) is 0 Å². The summed E-state index contributed by atoms with van der Waals surface area (Å²) in [6, 6.07) is 0. The minimum absolute atomic E-state index is 0.0453. The van der Waals surface area contributed by atoms with E-state index in [4.69, 9.17) is 5.11 Å². The zero-order valence-corrected chi connectivity index (χ0v) is 10.1. The van der Waals surface area contributed by atoms with E-state index in [1.54, 1.807) is 12.6 Å². The number of thiazole rings is 1. The summed E-state index contributed by atoms with van der Waals surface area (Å²) in [5.41, 5.74) is 2.66. The number of carboxylic acid groups (broad SMARTS) is 1. The average molecular weight is 242 g/mol. The van der Waals surface area contributed by atoms with Crippen molar-refractivity contribution in [2.24, 2.45) is 0 Å². The highest BCUT2D eigenvalue weighted by molar-refractivity contribution is 7.09. The molecule has 1 aromatic heterocycles. The molecule has 1 rings (SSSR count). The summed E-state index contributed by atoms with van der Waals surface area (Å²) < 4.78 is 0. The second-order valence-corrected chi connectivity index (χ2v) is 4.44. The maximum Gasteiger partial charge on any atom is 0.303 e. The van der Waals surface area contributed by atoms with E-state index >= 15 is 0 Å². The van der Waals surface area contributed by atoms with Gasteiger partial charge in [0.15, 0.2) is 0 Å². The first-order chi connectivity index (χ1) is 7.50. The largest absolute Gasteiger partial charge is 0.481 e. The third-order valence-electron chi connectivity index (χ3n) is 2.20. The summed E-state index contributed by atoms with van der Waals surface area (Å²) in [6.07, 6.45) is -0.0749. The molecular weight excluding hydrogens is 228 g/mol. The first-order valence-corrected chi connectivity index (χ1v) is 5.73. The van der Waals surface area contributed by atoms with Crippen LogP contribution in [0.5, 0.6) is 0 Å². The van der Waals surface area contributed by atoms with E-state index in [0.29, 0.717) is 6.54 Å². The van der Waals surface area contributed by atoms with Crippen LogP contribution in [0, 0.1) is 6.92 Å². The smallest absolute Gasteiger partial charge is 0.303 e. The lowest BCUT2D eigenvalue weighted by atomic mass is 10.2. The normalized spacial score (nSPS) is 10.1. The predicted octanol–water partition coefficient (Wildman–Crippen LogP) is 1.27. The maximum absolute atomic E-state index is 11.5. The molecule has 0 radical (unpaired) electrons. The summed E-state index contributed by atoms with van der Waals surface area (Å²) in [7, 11) is 1.67. The molecule has 5 nitrogen and oxygen atoms in total.